The molecule has 0 bridgehead atoms. The van der Waals surface area contributed by atoms with Crippen LogP contribution < -0.4 is 0 Å². The quantitative estimate of drug-likeness (QED) is 0.632. The predicted molar refractivity (Wildman–Crippen MR) is 61.9 cm³/mol. The molecule has 0 saturated heterocycles. The molecule has 0 amide bonds. The number of aromatic nitrogens is 1. The minimum Gasteiger partial charge on any atom is -0.466 e. The van der Waals surface area contributed by atoms with Crippen LogP contribution in [-0.2, 0) is 16.0 Å². The van der Waals surface area contributed by atoms with E-state index in [2.05, 4.69) is 20.9 Å². The lowest BCUT2D eigenvalue weighted by atomic mass is 10.1. The second kappa shape index (κ2) is 6.40. The summed E-state index contributed by atoms with van der Waals surface area (Å²) in [6.45, 7) is 1.86. The van der Waals surface area contributed by atoms with Gasteiger partial charge in [0.1, 0.15) is 10.7 Å². The molecule has 0 N–H and O–H groups in total. The largest absolute Gasteiger partial charge is 0.466 e. The van der Waals surface area contributed by atoms with Crippen LogP contribution in [0.3, 0.4) is 0 Å². The lowest BCUT2D eigenvalue weighted by Gasteiger charge is -2.08. The van der Waals surface area contributed by atoms with E-state index in [1.807, 2.05) is 0 Å². The SMILES string of the molecule is CCOC(=O)Cc1cc(C(F)F)c(C#N)nc1Br. The molecule has 0 spiro atoms. The van der Waals surface area contributed by atoms with Crippen molar-refractivity contribution in [1.82, 2.24) is 4.98 Å². The maximum absolute atomic E-state index is 12.7. The number of nitriles is 1. The normalized spacial score (nSPS) is 10.2. The molecule has 96 valence electrons. The fourth-order valence-corrected chi connectivity index (χ4v) is 1.73. The molecule has 0 aliphatic rings. The van der Waals surface area contributed by atoms with E-state index in [4.69, 9.17) is 10.00 Å². The Labute approximate surface area is 111 Å². The van der Waals surface area contributed by atoms with Gasteiger partial charge >= 0.3 is 5.97 Å². The molecule has 1 aromatic rings. The zero-order valence-corrected chi connectivity index (χ0v) is 11.0. The van der Waals surface area contributed by atoms with Crippen LogP contribution >= 0.6 is 15.9 Å². The molecule has 0 atom stereocenters. The number of rotatable bonds is 4. The molecule has 1 heterocycles. The summed E-state index contributed by atoms with van der Waals surface area (Å²) in [7, 11) is 0. The van der Waals surface area contributed by atoms with Gasteiger partial charge in [0.25, 0.3) is 6.43 Å². The number of nitrogens with zero attached hydrogens (tertiary/aromatic N) is 2. The Balaban J connectivity index is 3.10. The fraction of sp³-hybridized carbons (Fsp3) is 0.364. The van der Waals surface area contributed by atoms with Crippen molar-refractivity contribution in [3.05, 3.63) is 27.5 Å². The third-order valence-electron chi connectivity index (χ3n) is 2.06. The first-order valence-electron chi connectivity index (χ1n) is 5.02. The third kappa shape index (κ3) is 3.47. The fourth-order valence-electron chi connectivity index (χ4n) is 1.30. The second-order valence-electron chi connectivity index (χ2n) is 3.27. The average molecular weight is 319 g/mol. The van der Waals surface area contributed by atoms with E-state index in [0.717, 1.165) is 6.07 Å². The van der Waals surface area contributed by atoms with Crippen molar-refractivity contribution in [1.29, 1.82) is 5.26 Å². The third-order valence-corrected chi connectivity index (χ3v) is 2.75. The van der Waals surface area contributed by atoms with Crippen molar-refractivity contribution in [2.24, 2.45) is 0 Å². The number of hydrogen-bond acceptors (Lipinski definition) is 4. The van der Waals surface area contributed by atoms with Crippen molar-refractivity contribution < 1.29 is 18.3 Å². The van der Waals surface area contributed by atoms with Crippen molar-refractivity contribution in [2.45, 2.75) is 19.8 Å². The second-order valence-corrected chi connectivity index (χ2v) is 4.02. The topological polar surface area (TPSA) is 63.0 Å². The van der Waals surface area contributed by atoms with Crippen molar-refractivity contribution in [3.8, 4) is 6.07 Å². The number of ether oxygens (including phenoxy) is 1. The molecule has 0 aliphatic carbocycles. The van der Waals surface area contributed by atoms with Gasteiger partial charge in [-0.2, -0.15) is 5.26 Å². The molecule has 0 fully saturated rings. The first-order valence-corrected chi connectivity index (χ1v) is 5.82. The Morgan fingerprint density at radius 3 is 2.83 bits per heavy atom. The molecule has 0 aromatic carbocycles. The zero-order chi connectivity index (χ0) is 13.7. The highest BCUT2D eigenvalue weighted by molar-refractivity contribution is 9.10. The van der Waals surface area contributed by atoms with Crippen LogP contribution in [0.25, 0.3) is 0 Å². The van der Waals surface area contributed by atoms with Gasteiger partial charge in [-0.05, 0) is 34.5 Å². The van der Waals surface area contributed by atoms with Crippen molar-refractivity contribution >= 4 is 21.9 Å². The van der Waals surface area contributed by atoms with Crippen molar-refractivity contribution in [3.63, 3.8) is 0 Å². The smallest absolute Gasteiger partial charge is 0.310 e. The van der Waals surface area contributed by atoms with Crippen LogP contribution in [0.5, 0.6) is 0 Å². The molecule has 7 heteroatoms. The monoisotopic (exact) mass is 318 g/mol. The summed E-state index contributed by atoms with van der Waals surface area (Å²) in [4.78, 5) is 15.0. The highest BCUT2D eigenvalue weighted by atomic mass is 79.9. The first-order chi connectivity index (χ1) is 8.49. The maximum atomic E-state index is 12.7. The summed E-state index contributed by atoms with van der Waals surface area (Å²) in [6.07, 6.45) is -2.99. The Morgan fingerprint density at radius 1 is 1.67 bits per heavy atom. The minimum absolute atomic E-state index is 0.174. The van der Waals surface area contributed by atoms with Crippen LogP contribution in [0.4, 0.5) is 8.78 Å². The average Bonchev–Trinajstić information content (AvgIpc) is 2.31. The summed E-state index contributed by atoms with van der Waals surface area (Å²) in [5.41, 5.74) is -0.577. The summed E-state index contributed by atoms with van der Waals surface area (Å²) in [6, 6.07) is 2.68. The van der Waals surface area contributed by atoms with Gasteiger partial charge in [0.15, 0.2) is 5.69 Å². The van der Waals surface area contributed by atoms with Gasteiger partial charge in [0, 0.05) is 0 Å². The van der Waals surface area contributed by atoms with E-state index in [1.165, 1.54) is 0 Å². The van der Waals surface area contributed by atoms with E-state index in [1.54, 1.807) is 13.0 Å². The number of halogens is 3. The molecule has 4 nitrogen and oxygen atoms in total. The van der Waals surface area contributed by atoms with Crippen LogP contribution in [0.2, 0.25) is 0 Å². The van der Waals surface area contributed by atoms with E-state index < -0.39 is 18.0 Å². The Hall–Kier alpha value is -1.55. The van der Waals surface area contributed by atoms with E-state index in [9.17, 15) is 13.6 Å². The van der Waals surface area contributed by atoms with Gasteiger partial charge in [-0.3, -0.25) is 4.79 Å². The number of pyridine rings is 1. The number of carbonyl (C=O) groups excluding carboxylic acids is 1. The molecule has 1 rings (SSSR count). The maximum Gasteiger partial charge on any atom is 0.310 e. The molecular formula is C11H9BrF2N2O2. The van der Waals surface area contributed by atoms with Gasteiger partial charge < -0.3 is 4.74 Å². The molecule has 0 saturated carbocycles. The lowest BCUT2D eigenvalue weighted by Crippen LogP contribution is -2.10. The molecule has 18 heavy (non-hydrogen) atoms. The highest BCUT2D eigenvalue weighted by Gasteiger charge is 2.19. The summed E-state index contributed by atoms with van der Waals surface area (Å²) in [5.74, 6) is -0.537. The molecule has 0 radical (unpaired) electrons. The standard InChI is InChI=1S/C11H9BrF2N2O2/c1-2-18-9(17)4-6-3-7(11(13)14)8(5-15)16-10(6)12/h3,11H,2,4H2,1H3. The summed E-state index contributed by atoms with van der Waals surface area (Å²) in [5, 5.41) is 8.69. The van der Waals surface area contributed by atoms with Crippen LogP contribution in [-0.4, -0.2) is 17.6 Å². The molecule has 0 aliphatic heterocycles. The van der Waals surface area contributed by atoms with Crippen LogP contribution in [0, 0.1) is 11.3 Å². The summed E-state index contributed by atoms with van der Waals surface area (Å²) < 4.78 is 30.3. The lowest BCUT2D eigenvalue weighted by molar-refractivity contribution is -0.142. The number of hydrogen-bond donors (Lipinski definition) is 0. The number of alkyl halides is 2. The Bertz CT molecular complexity index is 501. The predicted octanol–water partition coefficient (Wildman–Crippen LogP) is 2.76. The van der Waals surface area contributed by atoms with Crippen LogP contribution in [0.1, 0.15) is 30.2 Å². The number of esters is 1. The highest BCUT2D eigenvalue weighted by Crippen LogP contribution is 2.26. The van der Waals surface area contributed by atoms with Gasteiger partial charge in [0.05, 0.1) is 18.6 Å². The Morgan fingerprint density at radius 2 is 2.33 bits per heavy atom. The van der Waals surface area contributed by atoms with Gasteiger partial charge in [-0.15, -0.1) is 0 Å². The molecular weight excluding hydrogens is 310 g/mol. The zero-order valence-electron chi connectivity index (χ0n) is 9.41. The van der Waals surface area contributed by atoms with E-state index in [-0.39, 0.29) is 28.9 Å². The minimum atomic E-state index is -2.82. The van der Waals surface area contributed by atoms with Crippen molar-refractivity contribution in [2.75, 3.05) is 6.61 Å². The van der Waals surface area contributed by atoms with Gasteiger partial charge in [-0.25, -0.2) is 13.8 Å². The van der Waals surface area contributed by atoms with E-state index >= 15 is 0 Å². The van der Waals surface area contributed by atoms with Crippen LogP contribution in [0.15, 0.2) is 10.7 Å². The molecule has 1 aromatic heterocycles. The van der Waals surface area contributed by atoms with Gasteiger partial charge in [-0.1, -0.05) is 0 Å². The number of carbonyl (C=O) groups is 1. The van der Waals surface area contributed by atoms with Gasteiger partial charge in [0.2, 0.25) is 0 Å². The molecule has 0 unspecified atom stereocenters. The summed E-state index contributed by atoms with van der Waals surface area (Å²) >= 11 is 3.04. The first kappa shape index (κ1) is 14.5. The van der Waals surface area contributed by atoms with E-state index in [0.29, 0.717) is 0 Å². The Kier molecular flexibility index (Phi) is 5.16.